The number of unbranched alkanes of at least 4 members (excludes halogenated alkanes) is 1. The first kappa shape index (κ1) is 31.1. The molecule has 0 atom stereocenters. The van der Waals surface area contributed by atoms with E-state index in [1.54, 1.807) is 12.1 Å². The number of ether oxygens (including phenoxy) is 1. The van der Waals surface area contributed by atoms with Gasteiger partial charge in [0.05, 0.1) is 27.2 Å². The third-order valence-electron chi connectivity index (χ3n) is 7.08. The predicted octanol–water partition coefficient (Wildman–Crippen LogP) is 6.10. The molecular weight excluding hydrogens is 585 g/mol. The molecule has 0 bridgehead atoms. The molecule has 0 aliphatic carbocycles. The standard InChI is InChI=1S/C23H27Cl2N3O2.C7H8O3S/c24-19-4-3-5-21(23(19)25)28-13-11-27(12-14-28)10-1-2-15-30-18-8-6-17-7-9-22(29)26-20(17)16-18;1-6-2-4-7(5-3-6)11(8,9)10/h3-6,8,16H,1-2,7,9-15H2,(H,26,29);2-5H,1H3,(H,8,9,10). The van der Waals surface area contributed by atoms with Gasteiger partial charge in [-0.1, -0.05) is 53.0 Å². The van der Waals surface area contributed by atoms with Crippen molar-refractivity contribution in [2.75, 3.05) is 49.5 Å². The molecule has 2 aliphatic heterocycles. The van der Waals surface area contributed by atoms with Gasteiger partial charge in [0.1, 0.15) is 5.75 Å². The van der Waals surface area contributed by atoms with E-state index in [-0.39, 0.29) is 10.8 Å². The Kier molecular flexibility index (Phi) is 10.9. The average Bonchev–Trinajstić information content (AvgIpc) is 2.95. The Hall–Kier alpha value is -2.82. The van der Waals surface area contributed by atoms with E-state index >= 15 is 0 Å². The number of nitrogens with one attached hydrogen (secondary N) is 1. The number of carbonyl (C=O) groups is 1. The Labute approximate surface area is 251 Å². The Bertz CT molecular complexity index is 1440. The normalized spacial score (nSPS) is 15.4. The smallest absolute Gasteiger partial charge is 0.294 e. The molecule has 3 aromatic carbocycles. The van der Waals surface area contributed by atoms with Crippen LogP contribution in [-0.2, 0) is 21.3 Å². The lowest BCUT2D eigenvalue weighted by Gasteiger charge is -2.36. The molecular formula is C30H35Cl2N3O5S. The van der Waals surface area contributed by atoms with E-state index < -0.39 is 10.1 Å². The van der Waals surface area contributed by atoms with Crippen molar-refractivity contribution in [2.24, 2.45) is 0 Å². The van der Waals surface area contributed by atoms with Crippen molar-refractivity contribution >= 4 is 50.6 Å². The quantitative estimate of drug-likeness (QED) is 0.232. The maximum atomic E-state index is 11.5. The molecule has 2 aliphatic rings. The van der Waals surface area contributed by atoms with Crippen LogP contribution in [0, 0.1) is 6.92 Å². The first-order chi connectivity index (χ1) is 19.6. The Morgan fingerprint density at radius 3 is 2.39 bits per heavy atom. The van der Waals surface area contributed by atoms with Crippen LogP contribution in [-0.4, -0.2) is 63.1 Å². The molecule has 0 spiro atoms. The first-order valence-corrected chi connectivity index (χ1v) is 15.8. The summed E-state index contributed by atoms with van der Waals surface area (Å²) in [5.41, 5.74) is 4.05. The predicted molar refractivity (Wildman–Crippen MR) is 164 cm³/mol. The van der Waals surface area contributed by atoms with Gasteiger partial charge in [0.15, 0.2) is 0 Å². The highest BCUT2D eigenvalue weighted by atomic mass is 35.5. The minimum Gasteiger partial charge on any atom is -0.494 e. The molecule has 220 valence electrons. The summed E-state index contributed by atoms with van der Waals surface area (Å²) in [7, 11) is -4.02. The van der Waals surface area contributed by atoms with Crippen LogP contribution in [0.5, 0.6) is 5.75 Å². The minimum absolute atomic E-state index is 0.0666. The average molecular weight is 621 g/mol. The van der Waals surface area contributed by atoms with Crippen LogP contribution >= 0.6 is 23.2 Å². The van der Waals surface area contributed by atoms with Crippen molar-refractivity contribution in [3.63, 3.8) is 0 Å². The summed E-state index contributed by atoms with van der Waals surface area (Å²) in [5, 5.41) is 4.18. The molecule has 11 heteroatoms. The number of hydrogen-bond donors (Lipinski definition) is 2. The number of benzene rings is 3. The lowest BCUT2D eigenvalue weighted by atomic mass is 10.0. The van der Waals surface area contributed by atoms with E-state index in [1.807, 2.05) is 37.3 Å². The Morgan fingerprint density at radius 2 is 1.68 bits per heavy atom. The number of rotatable bonds is 8. The van der Waals surface area contributed by atoms with Crippen molar-refractivity contribution in [1.29, 1.82) is 0 Å². The third-order valence-corrected chi connectivity index (χ3v) is 8.75. The summed E-state index contributed by atoms with van der Waals surface area (Å²) in [6.07, 6.45) is 3.47. The van der Waals surface area contributed by atoms with E-state index in [2.05, 4.69) is 21.2 Å². The SMILES string of the molecule is Cc1ccc(S(=O)(=O)O)cc1.O=C1CCc2ccc(OCCCCN3CCN(c4cccc(Cl)c4Cl)CC3)cc2N1. The Morgan fingerprint density at radius 1 is 0.951 bits per heavy atom. The largest absolute Gasteiger partial charge is 0.494 e. The monoisotopic (exact) mass is 619 g/mol. The van der Waals surface area contributed by atoms with Crippen LogP contribution in [0.2, 0.25) is 10.0 Å². The van der Waals surface area contributed by atoms with Gasteiger partial charge in [0.2, 0.25) is 5.91 Å². The number of fused-ring (bicyclic) bond motifs is 1. The summed E-state index contributed by atoms with van der Waals surface area (Å²) in [4.78, 5) is 16.3. The van der Waals surface area contributed by atoms with Gasteiger partial charge in [-0.2, -0.15) is 8.42 Å². The molecule has 0 unspecified atom stereocenters. The maximum Gasteiger partial charge on any atom is 0.294 e. The number of carbonyl (C=O) groups excluding carboxylic acids is 1. The van der Waals surface area contributed by atoms with E-state index in [0.29, 0.717) is 23.1 Å². The number of amides is 1. The number of anilines is 2. The number of piperazine rings is 1. The fourth-order valence-corrected chi connectivity index (χ4v) is 5.62. The fourth-order valence-electron chi connectivity index (χ4n) is 4.73. The van der Waals surface area contributed by atoms with Crippen molar-refractivity contribution < 1.29 is 22.5 Å². The lowest BCUT2D eigenvalue weighted by molar-refractivity contribution is -0.116. The lowest BCUT2D eigenvalue weighted by Crippen LogP contribution is -2.46. The summed E-state index contributed by atoms with van der Waals surface area (Å²) in [6.45, 7) is 7.55. The fraction of sp³-hybridized carbons (Fsp3) is 0.367. The van der Waals surface area contributed by atoms with Gasteiger partial charge in [-0.3, -0.25) is 14.2 Å². The number of aryl methyl sites for hydroxylation is 2. The number of halogens is 2. The second kappa shape index (κ2) is 14.4. The molecule has 41 heavy (non-hydrogen) atoms. The van der Waals surface area contributed by atoms with Crippen LogP contribution in [0.25, 0.3) is 0 Å². The van der Waals surface area contributed by atoms with Crippen LogP contribution in [0.15, 0.2) is 65.6 Å². The van der Waals surface area contributed by atoms with Gasteiger partial charge >= 0.3 is 0 Å². The Balaban J connectivity index is 0.000000296. The van der Waals surface area contributed by atoms with E-state index in [1.165, 1.54) is 17.7 Å². The first-order valence-electron chi connectivity index (χ1n) is 13.6. The van der Waals surface area contributed by atoms with Gasteiger partial charge in [-0.25, -0.2) is 0 Å². The summed E-state index contributed by atoms with van der Waals surface area (Å²) >= 11 is 12.5. The third kappa shape index (κ3) is 9.08. The number of hydrogen-bond acceptors (Lipinski definition) is 6. The molecule has 0 saturated carbocycles. The zero-order chi connectivity index (χ0) is 29.4. The van der Waals surface area contributed by atoms with Gasteiger partial charge in [-0.05, 0) is 68.6 Å². The maximum absolute atomic E-state index is 11.5. The molecule has 1 saturated heterocycles. The second-order valence-electron chi connectivity index (χ2n) is 10.1. The molecule has 5 rings (SSSR count). The molecule has 1 fully saturated rings. The highest BCUT2D eigenvalue weighted by molar-refractivity contribution is 7.85. The summed E-state index contributed by atoms with van der Waals surface area (Å²) in [6, 6.07) is 17.8. The van der Waals surface area contributed by atoms with Crippen LogP contribution in [0.4, 0.5) is 11.4 Å². The zero-order valence-corrected chi connectivity index (χ0v) is 25.3. The van der Waals surface area contributed by atoms with Gasteiger partial charge in [-0.15, -0.1) is 0 Å². The molecule has 3 aromatic rings. The van der Waals surface area contributed by atoms with Gasteiger partial charge in [0.25, 0.3) is 10.1 Å². The van der Waals surface area contributed by atoms with Crippen molar-refractivity contribution in [3.05, 3.63) is 81.8 Å². The molecule has 0 radical (unpaired) electrons. The highest BCUT2D eigenvalue weighted by Gasteiger charge is 2.19. The van der Waals surface area contributed by atoms with Crippen molar-refractivity contribution in [3.8, 4) is 5.75 Å². The van der Waals surface area contributed by atoms with Gasteiger partial charge < -0.3 is 15.0 Å². The summed E-state index contributed by atoms with van der Waals surface area (Å²) < 4.78 is 35.4. The zero-order valence-electron chi connectivity index (χ0n) is 23.0. The molecule has 1 amide bonds. The molecule has 8 nitrogen and oxygen atoms in total. The van der Waals surface area contributed by atoms with E-state index in [4.69, 9.17) is 32.5 Å². The second-order valence-corrected chi connectivity index (χ2v) is 12.3. The molecule has 2 heterocycles. The molecule has 0 aromatic heterocycles. The van der Waals surface area contributed by atoms with Crippen LogP contribution in [0.3, 0.4) is 0 Å². The highest BCUT2D eigenvalue weighted by Crippen LogP contribution is 2.33. The van der Waals surface area contributed by atoms with Crippen LogP contribution in [0.1, 0.15) is 30.4 Å². The van der Waals surface area contributed by atoms with Crippen molar-refractivity contribution in [1.82, 2.24) is 4.90 Å². The van der Waals surface area contributed by atoms with E-state index in [9.17, 15) is 13.2 Å². The van der Waals surface area contributed by atoms with E-state index in [0.717, 1.165) is 74.7 Å². The minimum atomic E-state index is -4.02. The summed E-state index contributed by atoms with van der Waals surface area (Å²) in [5.74, 6) is 0.903. The number of nitrogens with zero attached hydrogens (tertiary/aromatic N) is 2. The van der Waals surface area contributed by atoms with Crippen LogP contribution < -0.4 is 15.0 Å². The molecule has 2 N–H and O–H groups in total. The van der Waals surface area contributed by atoms with Gasteiger partial charge in [0, 0.05) is 44.4 Å². The van der Waals surface area contributed by atoms with Crippen molar-refractivity contribution in [2.45, 2.75) is 37.5 Å². The topological polar surface area (TPSA) is 99.2 Å².